The molecule has 2 aliphatic rings. The van der Waals surface area contributed by atoms with Crippen molar-refractivity contribution in [2.24, 2.45) is 0 Å². The lowest BCUT2D eigenvalue weighted by molar-refractivity contribution is 0.0675. The number of halogens is 1. The minimum atomic E-state index is -3.02. The molecule has 2 fully saturated rings. The van der Waals surface area contributed by atoms with Gasteiger partial charge in [0.15, 0.2) is 14.9 Å². The predicted molar refractivity (Wildman–Crippen MR) is 70.2 cm³/mol. The third-order valence-electron chi connectivity index (χ3n) is 2.89. The summed E-state index contributed by atoms with van der Waals surface area (Å²) < 4.78 is 28.0. The average molecular weight is 299 g/mol. The van der Waals surface area contributed by atoms with Gasteiger partial charge in [-0.1, -0.05) is 0 Å². The summed E-state index contributed by atoms with van der Waals surface area (Å²) in [5.41, 5.74) is 0. The molecule has 17 heavy (non-hydrogen) atoms. The molecule has 0 aromatic heterocycles. The lowest BCUT2D eigenvalue weighted by Gasteiger charge is -2.31. The zero-order valence-corrected chi connectivity index (χ0v) is 11.7. The van der Waals surface area contributed by atoms with Gasteiger partial charge in [0.05, 0.1) is 36.1 Å². The second-order valence-electron chi connectivity index (χ2n) is 4.25. The number of nitrogens with zero attached hydrogens (tertiary/aromatic N) is 1. The Morgan fingerprint density at radius 3 is 2.53 bits per heavy atom. The molecule has 0 spiro atoms. The molecule has 2 aliphatic heterocycles. The Balaban J connectivity index is 1.90. The molecular weight excluding hydrogens is 284 g/mol. The third kappa shape index (κ3) is 3.43. The number of rotatable bonds is 1. The molecule has 0 aliphatic carbocycles. The maximum absolute atomic E-state index is 11.4. The highest BCUT2D eigenvalue weighted by molar-refractivity contribution is 7.91. The molecule has 8 heteroatoms. The fourth-order valence-electron chi connectivity index (χ4n) is 1.95. The van der Waals surface area contributed by atoms with Crippen molar-refractivity contribution in [3.05, 3.63) is 0 Å². The summed E-state index contributed by atoms with van der Waals surface area (Å²) in [6, 6.07) is -0.281. The van der Waals surface area contributed by atoms with Gasteiger partial charge in [-0.15, -0.1) is 11.6 Å². The molecule has 2 unspecified atom stereocenters. The van der Waals surface area contributed by atoms with Crippen LogP contribution in [-0.4, -0.2) is 67.7 Å². The van der Waals surface area contributed by atoms with E-state index >= 15 is 0 Å². The topological polar surface area (TPSA) is 58.6 Å². The van der Waals surface area contributed by atoms with E-state index in [1.54, 1.807) is 0 Å². The van der Waals surface area contributed by atoms with E-state index in [1.165, 1.54) is 0 Å². The van der Waals surface area contributed by atoms with Gasteiger partial charge < -0.3 is 15.0 Å². The number of sulfone groups is 1. The van der Waals surface area contributed by atoms with Crippen LogP contribution in [0.5, 0.6) is 0 Å². The molecule has 0 radical (unpaired) electrons. The first-order valence-electron chi connectivity index (χ1n) is 5.45. The van der Waals surface area contributed by atoms with Crippen LogP contribution in [0, 0.1) is 0 Å². The van der Waals surface area contributed by atoms with Gasteiger partial charge in [-0.25, -0.2) is 8.42 Å². The lowest BCUT2D eigenvalue weighted by Crippen LogP contribution is -2.51. The monoisotopic (exact) mass is 298 g/mol. The maximum atomic E-state index is 11.4. The van der Waals surface area contributed by atoms with Crippen molar-refractivity contribution in [1.29, 1.82) is 0 Å². The second-order valence-corrected chi connectivity index (χ2v) is 7.35. The fourth-order valence-corrected chi connectivity index (χ4v) is 4.84. The van der Waals surface area contributed by atoms with Crippen molar-refractivity contribution < 1.29 is 13.2 Å². The summed E-state index contributed by atoms with van der Waals surface area (Å²) in [6.07, 6.45) is 0. The van der Waals surface area contributed by atoms with Gasteiger partial charge in [0.25, 0.3) is 0 Å². The van der Waals surface area contributed by atoms with Gasteiger partial charge in [-0.05, 0) is 12.2 Å². The zero-order chi connectivity index (χ0) is 12.5. The fraction of sp³-hybridized carbons (Fsp3) is 0.889. The number of hydrogen-bond donors (Lipinski definition) is 1. The molecule has 2 atom stereocenters. The van der Waals surface area contributed by atoms with Gasteiger partial charge >= 0.3 is 0 Å². The lowest BCUT2D eigenvalue weighted by atomic mass is 10.2. The zero-order valence-electron chi connectivity index (χ0n) is 9.26. The molecule has 2 heterocycles. The van der Waals surface area contributed by atoms with Gasteiger partial charge in [0.1, 0.15) is 0 Å². The number of thiocarbonyl (C=S) groups is 1. The van der Waals surface area contributed by atoms with Crippen LogP contribution in [0.2, 0.25) is 0 Å². The van der Waals surface area contributed by atoms with E-state index in [9.17, 15) is 8.42 Å². The summed E-state index contributed by atoms with van der Waals surface area (Å²) >= 11 is 11.2. The van der Waals surface area contributed by atoms with E-state index in [2.05, 4.69) is 5.32 Å². The number of ether oxygens (including phenoxy) is 1. The van der Waals surface area contributed by atoms with Crippen LogP contribution >= 0.6 is 23.8 Å². The highest BCUT2D eigenvalue weighted by Crippen LogP contribution is 2.18. The summed E-state index contributed by atoms with van der Waals surface area (Å²) in [6.45, 7) is 2.76. The van der Waals surface area contributed by atoms with E-state index in [0.29, 0.717) is 18.3 Å². The highest BCUT2D eigenvalue weighted by atomic mass is 35.5. The number of nitrogens with one attached hydrogen (secondary N) is 1. The Bertz CT molecular complexity index is 395. The van der Waals surface area contributed by atoms with Gasteiger partial charge in [-0.3, -0.25) is 0 Å². The molecule has 98 valence electrons. The molecule has 2 saturated heterocycles. The maximum Gasteiger partial charge on any atom is 0.169 e. The molecule has 1 N–H and O–H groups in total. The molecule has 0 aromatic carbocycles. The first-order valence-corrected chi connectivity index (χ1v) is 8.12. The van der Waals surface area contributed by atoms with Crippen LogP contribution in [-0.2, 0) is 14.6 Å². The first kappa shape index (κ1) is 13.3. The Hall–Kier alpha value is -0.110. The van der Waals surface area contributed by atoms with Gasteiger partial charge in [0.2, 0.25) is 0 Å². The molecule has 0 bridgehead atoms. The molecule has 5 nitrogen and oxygen atoms in total. The van der Waals surface area contributed by atoms with E-state index in [1.807, 2.05) is 4.90 Å². The van der Waals surface area contributed by atoms with Crippen molar-refractivity contribution >= 4 is 38.8 Å². The Morgan fingerprint density at radius 1 is 1.35 bits per heavy atom. The van der Waals surface area contributed by atoms with E-state index in [0.717, 1.165) is 13.1 Å². The summed E-state index contributed by atoms with van der Waals surface area (Å²) in [4.78, 5) is 1.98. The summed E-state index contributed by atoms with van der Waals surface area (Å²) in [5.74, 6) is 0.0869. The Kier molecular flexibility index (Phi) is 4.12. The minimum absolute atomic E-state index is 0.0257. The number of alkyl halides is 1. The Labute approximate surface area is 111 Å². The van der Waals surface area contributed by atoms with Crippen molar-refractivity contribution in [1.82, 2.24) is 10.2 Å². The van der Waals surface area contributed by atoms with E-state index in [-0.39, 0.29) is 17.5 Å². The van der Waals surface area contributed by atoms with E-state index < -0.39 is 15.2 Å². The second kappa shape index (κ2) is 5.26. The van der Waals surface area contributed by atoms with Crippen LogP contribution in [0.25, 0.3) is 0 Å². The molecular formula is C9H15ClN2O3S2. The van der Waals surface area contributed by atoms with Crippen molar-refractivity contribution in [2.75, 3.05) is 37.8 Å². The normalized spacial score (nSPS) is 32.4. The largest absolute Gasteiger partial charge is 0.378 e. The van der Waals surface area contributed by atoms with Crippen LogP contribution in [0.3, 0.4) is 0 Å². The van der Waals surface area contributed by atoms with Crippen molar-refractivity contribution in [3.8, 4) is 0 Å². The van der Waals surface area contributed by atoms with Gasteiger partial charge in [0, 0.05) is 13.1 Å². The highest BCUT2D eigenvalue weighted by Gasteiger charge is 2.37. The van der Waals surface area contributed by atoms with Crippen molar-refractivity contribution in [2.45, 2.75) is 11.4 Å². The van der Waals surface area contributed by atoms with Crippen molar-refractivity contribution in [3.63, 3.8) is 0 Å². The molecule has 0 aromatic rings. The number of hydrogen-bond acceptors (Lipinski definition) is 4. The predicted octanol–water partition coefficient (Wildman–Crippen LogP) is -0.402. The van der Waals surface area contributed by atoms with Crippen LogP contribution in [0.15, 0.2) is 0 Å². The SMILES string of the molecule is O=S1(=O)CC(Cl)C(NC(=S)N2CCOCC2)C1. The van der Waals surface area contributed by atoms with Crippen LogP contribution in [0.1, 0.15) is 0 Å². The quantitative estimate of drug-likeness (QED) is 0.525. The summed E-state index contributed by atoms with van der Waals surface area (Å²) in [5, 5.41) is 3.21. The molecule has 0 amide bonds. The standard InChI is InChI=1S/C9H15ClN2O3S2/c10-7-5-17(13,14)6-8(7)11-9(16)12-1-3-15-4-2-12/h7-8H,1-6H2,(H,11,16). The average Bonchev–Trinajstić information content (AvgIpc) is 2.53. The van der Waals surface area contributed by atoms with E-state index in [4.69, 9.17) is 28.6 Å². The smallest absolute Gasteiger partial charge is 0.169 e. The van der Waals surface area contributed by atoms with Crippen LogP contribution in [0.4, 0.5) is 0 Å². The van der Waals surface area contributed by atoms with Crippen LogP contribution < -0.4 is 5.32 Å². The Morgan fingerprint density at radius 2 is 2.00 bits per heavy atom. The third-order valence-corrected chi connectivity index (χ3v) is 5.64. The molecule has 2 rings (SSSR count). The minimum Gasteiger partial charge on any atom is -0.378 e. The summed E-state index contributed by atoms with van der Waals surface area (Å²) in [7, 11) is -3.02. The van der Waals surface area contributed by atoms with Gasteiger partial charge in [-0.2, -0.15) is 0 Å². The number of morpholine rings is 1. The first-order chi connectivity index (χ1) is 7.98. The molecule has 0 saturated carbocycles.